The van der Waals surface area contributed by atoms with E-state index in [0.29, 0.717) is 0 Å². The van der Waals surface area contributed by atoms with Gasteiger partial charge in [-0.1, -0.05) is 0 Å². The fourth-order valence-corrected chi connectivity index (χ4v) is 2.80. The van der Waals surface area contributed by atoms with Gasteiger partial charge in [-0.25, -0.2) is 4.98 Å². The van der Waals surface area contributed by atoms with Crippen molar-refractivity contribution in [2.75, 3.05) is 27.2 Å². The molecule has 0 bridgehead atoms. The van der Waals surface area contributed by atoms with Gasteiger partial charge in [-0.15, -0.1) is 0 Å². The van der Waals surface area contributed by atoms with E-state index in [1.807, 2.05) is 18.3 Å². The lowest BCUT2D eigenvalue weighted by atomic mass is 9.93. The first-order chi connectivity index (χ1) is 9.24. The summed E-state index contributed by atoms with van der Waals surface area (Å²) in [5.74, 6) is 1.65. The first kappa shape index (κ1) is 12.5. The van der Waals surface area contributed by atoms with Gasteiger partial charge >= 0.3 is 0 Å². The van der Waals surface area contributed by atoms with Crippen molar-refractivity contribution in [1.29, 1.82) is 0 Å². The van der Waals surface area contributed by atoms with Gasteiger partial charge in [0.2, 0.25) is 0 Å². The molecule has 1 saturated heterocycles. The highest BCUT2D eigenvalue weighted by molar-refractivity contribution is 5.45. The van der Waals surface area contributed by atoms with Crippen LogP contribution in [0.25, 0.3) is 5.65 Å². The maximum absolute atomic E-state index is 5.23. The van der Waals surface area contributed by atoms with Crippen LogP contribution in [0, 0.1) is 5.92 Å². The van der Waals surface area contributed by atoms with E-state index in [0.717, 1.165) is 23.7 Å². The molecule has 0 saturated carbocycles. The summed E-state index contributed by atoms with van der Waals surface area (Å²) in [5, 5.41) is 0. The number of hydrogen-bond donors (Lipinski definition) is 0. The summed E-state index contributed by atoms with van der Waals surface area (Å²) < 4.78 is 7.31. The van der Waals surface area contributed by atoms with Crippen molar-refractivity contribution in [2.24, 2.45) is 5.92 Å². The molecule has 0 aliphatic carbocycles. The van der Waals surface area contributed by atoms with Crippen LogP contribution >= 0.6 is 0 Å². The predicted molar refractivity (Wildman–Crippen MR) is 75.7 cm³/mol. The lowest BCUT2D eigenvalue weighted by Gasteiger charge is -2.28. The van der Waals surface area contributed by atoms with E-state index in [1.54, 1.807) is 7.11 Å². The number of piperidine rings is 1. The zero-order valence-electron chi connectivity index (χ0n) is 11.7. The second-order valence-corrected chi connectivity index (χ2v) is 5.52. The average Bonchev–Trinajstić information content (AvgIpc) is 2.82. The Kier molecular flexibility index (Phi) is 3.42. The van der Waals surface area contributed by atoms with E-state index in [9.17, 15) is 0 Å². The van der Waals surface area contributed by atoms with Gasteiger partial charge in [-0.05, 0) is 51.4 Å². The van der Waals surface area contributed by atoms with E-state index in [-0.39, 0.29) is 0 Å². The molecule has 0 aromatic carbocycles. The van der Waals surface area contributed by atoms with E-state index < -0.39 is 0 Å². The summed E-state index contributed by atoms with van der Waals surface area (Å²) in [5.41, 5.74) is 2.17. The van der Waals surface area contributed by atoms with Crippen LogP contribution in [-0.2, 0) is 6.42 Å². The van der Waals surface area contributed by atoms with Gasteiger partial charge < -0.3 is 14.0 Å². The third kappa shape index (κ3) is 2.73. The van der Waals surface area contributed by atoms with Crippen molar-refractivity contribution < 1.29 is 4.74 Å². The van der Waals surface area contributed by atoms with Gasteiger partial charge in [0.1, 0.15) is 11.4 Å². The highest BCUT2D eigenvalue weighted by Gasteiger charge is 2.18. The second kappa shape index (κ2) is 5.21. The fourth-order valence-electron chi connectivity index (χ4n) is 2.80. The number of rotatable bonds is 3. The van der Waals surface area contributed by atoms with Crippen molar-refractivity contribution in [2.45, 2.75) is 19.3 Å². The Bertz CT molecular complexity index is 556. The van der Waals surface area contributed by atoms with E-state index in [4.69, 9.17) is 9.72 Å². The van der Waals surface area contributed by atoms with E-state index in [1.165, 1.54) is 31.6 Å². The zero-order chi connectivity index (χ0) is 13.2. The summed E-state index contributed by atoms with van der Waals surface area (Å²) in [6.45, 7) is 2.43. The van der Waals surface area contributed by atoms with Crippen LogP contribution in [0.3, 0.4) is 0 Å². The molecule has 3 rings (SSSR count). The lowest BCUT2D eigenvalue weighted by Crippen LogP contribution is -2.30. The fraction of sp³-hybridized carbons (Fsp3) is 0.533. The van der Waals surface area contributed by atoms with Gasteiger partial charge in [0.15, 0.2) is 0 Å². The first-order valence-electron chi connectivity index (χ1n) is 6.95. The topological polar surface area (TPSA) is 29.8 Å². The third-order valence-corrected chi connectivity index (χ3v) is 4.05. The van der Waals surface area contributed by atoms with Gasteiger partial charge in [0, 0.05) is 18.5 Å². The number of imidazole rings is 1. The number of hydrogen-bond acceptors (Lipinski definition) is 3. The molecule has 19 heavy (non-hydrogen) atoms. The van der Waals surface area contributed by atoms with Gasteiger partial charge in [-0.2, -0.15) is 0 Å². The molecule has 2 aromatic rings. The summed E-state index contributed by atoms with van der Waals surface area (Å²) in [7, 11) is 3.89. The molecule has 1 aliphatic heterocycles. The molecule has 0 N–H and O–H groups in total. The lowest BCUT2D eigenvalue weighted by molar-refractivity contribution is 0.218. The SMILES string of the molecule is COc1ccn2cc(CC3CCN(C)CC3)nc2c1. The monoisotopic (exact) mass is 259 g/mol. The maximum Gasteiger partial charge on any atom is 0.140 e. The minimum absolute atomic E-state index is 0.781. The Morgan fingerprint density at radius 2 is 2.16 bits per heavy atom. The first-order valence-corrected chi connectivity index (χ1v) is 6.95. The van der Waals surface area contributed by atoms with Crippen LogP contribution in [0.4, 0.5) is 0 Å². The summed E-state index contributed by atoms with van der Waals surface area (Å²) in [6, 6.07) is 3.95. The molecule has 102 valence electrons. The number of fused-ring (bicyclic) bond motifs is 1. The van der Waals surface area contributed by atoms with Crippen molar-refractivity contribution in [3.8, 4) is 5.75 Å². The smallest absolute Gasteiger partial charge is 0.140 e. The Hall–Kier alpha value is -1.55. The minimum atomic E-state index is 0.781. The maximum atomic E-state index is 5.23. The largest absolute Gasteiger partial charge is 0.497 e. The number of pyridine rings is 1. The van der Waals surface area contributed by atoms with Crippen LogP contribution < -0.4 is 4.74 Å². The van der Waals surface area contributed by atoms with Crippen LogP contribution in [0.15, 0.2) is 24.5 Å². The van der Waals surface area contributed by atoms with Crippen molar-refractivity contribution in [3.05, 3.63) is 30.2 Å². The standard InChI is InChI=1S/C15H21N3O/c1-17-6-3-12(4-7-17)9-13-11-18-8-5-14(19-2)10-15(18)16-13/h5,8,10-12H,3-4,6-7,9H2,1-2H3. The van der Waals surface area contributed by atoms with Gasteiger partial charge in [0.25, 0.3) is 0 Å². The highest BCUT2D eigenvalue weighted by Crippen LogP contribution is 2.21. The van der Waals surface area contributed by atoms with Crippen molar-refractivity contribution >= 4 is 5.65 Å². The molecule has 3 heterocycles. The molecule has 2 aromatic heterocycles. The molecule has 0 spiro atoms. The van der Waals surface area contributed by atoms with Gasteiger partial charge in [-0.3, -0.25) is 0 Å². The van der Waals surface area contributed by atoms with E-state index >= 15 is 0 Å². The molecule has 0 unspecified atom stereocenters. The van der Waals surface area contributed by atoms with Crippen molar-refractivity contribution in [3.63, 3.8) is 0 Å². The highest BCUT2D eigenvalue weighted by atomic mass is 16.5. The third-order valence-electron chi connectivity index (χ3n) is 4.05. The molecule has 0 amide bonds. The Labute approximate surface area is 114 Å². The van der Waals surface area contributed by atoms with Crippen molar-refractivity contribution in [1.82, 2.24) is 14.3 Å². The van der Waals surface area contributed by atoms with E-state index in [2.05, 4.69) is 22.5 Å². The Morgan fingerprint density at radius 1 is 1.37 bits per heavy atom. The molecule has 0 atom stereocenters. The summed E-state index contributed by atoms with van der Waals surface area (Å²) in [6.07, 6.45) is 7.83. The number of methoxy groups -OCH3 is 1. The zero-order valence-corrected chi connectivity index (χ0v) is 11.7. The normalized spacial score (nSPS) is 18.0. The summed E-state index contributed by atoms with van der Waals surface area (Å²) >= 11 is 0. The Balaban J connectivity index is 1.74. The van der Waals surface area contributed by atoms with Crippen LogP contribution in [0.5, 0.6) is 5.75 Å². The quantitative estimate of drug-likeness (QED) is 0.846. The van der Waals surface area contributed by atoms with Crippen LogP contribution in [-0.4, -0.2) is 41.5 Å². The minimum Gasteiger partial charge on any atom is -0.497 e. The molecule has 4 heteroatoms. The number of ether oxygens (including phenoxy) is 1. The molecular weight excluding hydrogens is 238 g/mol. The molecule has 4 nitrogen and oxygen atoms in total. The second-order valence-electron chi connectivity index (χ2n) is 5.52. The molecular formula is C15H21N3O. The summed E-state index contributed by atoms with van der Waals surface area (Å²) in [4.78, 5) is 7.11. The average molecular weight is 259 g/mol. The van der Waals surface area contributed by atoms with Crippen LogP contribution in [0.1, 0.15) is 18.5 Å². The molecule has 1 aliphatic rings. The number of aromatic nitrogens is 2. The van der Waals surface area contributed by atoms with Gasteiger partial charge in [0.05, 0.1) is 12.8 Å². The predicted octanol–water partition coefficient (Wildman–Crippen LogP) is 2.23. The molecule has 1 fully saturated rings. The van der Waals surface area contributed by atoms with Crippen LogP contribution in [0.2, 0.25) is 0 Å². The number of nitrogens with zero attached hydrogens (tertiary/aromatic N) is 3. The number of likely N-dealkylation sites (tertiary alicyclic amines) is 1. The Morgan fingerprint density at radius 3 is 2.89 bits per heavy atom. The molecule has 0 radical (unpaired) electrons.